The molecule has 1 saturated heterocycles. The molecule has 1 heterocycles. The van der Waals surface area contributed by atoms with Crippen molar-refractivity contribution in [3.05, 3.63) is 30.1 Å². The third-order valence-corrected chi connectivity index (χ3v) is 4.26. The van der Waals surface area contributed by atoms with Gasteiger partial charge in [-0.2, -0.15) is 0 Å². The maximum atomic E-state index is 12.7. The first kappa shape index (κ1) is 14.3. The number of rotatable bonds is 3. The predicted octanol–water partition coefficient (Wildman–Crippen LogP) is 2.08. The number of aliphatic hydroxyl groups is 1. The number of alkyl halides is 1. The first-order valence-electron chi connectivity index (χ1n) is 5.67. The highest BCUT2D eigenvalue weighted by atomic mass is 127. The number of amides is 1. The number of benzene rings is 1. The van der Waals surface area contributed by atoms with E-state index in [-0.39, 0.29) is 19.0 Å². The lowest BCUT2D eigenvalue weighted by atomic mass is 10.2. The van der Waals surface area contributed by atoms with Gasteiger partial charge in [0, 0.05) is 6.42 Å². The van der Waals surface area contributed by atoms with Crippen LogP contribution < -0.4 is 4.74 Å². The van der Waals surface area contributed by atoms with Crippen LogP contribution in [-0.4, -0.2) is 44.0 Å². The summed E-state index contributed by atoms with van der Waals surface area (Å²) in [6, 6.07) is 5.50. The van der Waals surface area contributed by atoms with Crippen molar-refractivity contribution < 1.29 is 24.1 Å². The minimum Gasteiger partial charge on any atom is -0.490 e. The van der Waals surface area contributed by atoms with Crippen molar-refractivity contribution in [2.24, 2.45) is 0 Å². The lowest BCUT2D eigenvalue weighted by Gasteiger charge is -2.30. The van der Waals surface area contributed by atoms with Crippen molar-refractivity contribution in [2.75, 3.05) is 13.2 Å². The fourth-order valence-electron chi connectivity index (χ4n) is 2.02. The van der Waals surface area contributed by atoms with Gasteiger partial charge < -0.3 is 14.9 Å². The Morgan fingerprint density at radius 1 is 1.53 bits per heavy atom. The molecule has 7 heteroatoms. The van der Waals surface area contributed by atoms with Crippen LogP contribution >= 0.6 is 22.6 Å². The number of likely N-dealkylation sites (tertiary alicyclic amines) is 1. The minimum atomic E-state index is -1.09. The number of aliphatic hydroxyl groups excluding tert-OH is 1. The Morgan fingerprint density at radius 2 is 2.16 bits per heavy atom. The molecule has 0 unspecified atom stereocenters. The Morgan fingerprint density at radius 3 is 2.74 bits per heavy atom. The van der Waals surface area contributed by atoms with E-state index in [1.807, 2.05) is 22.6 Å². The van der Waals surface area contributed by atoms with Gasteiger partial charge in [-0.3, -0.25) is 4.90 Å². The van der Waals surface area contributed by atoms with Crippen LogP contribution in [0.1, 0.15) is 6.42 Å². The van der Waals surface area contributed by atoms with E-state index in [1.54, 1.807) is 0 Å². The summed E-state index contributed by atoms with van der Waals surface area (Å²) < 4.78 is 17.4. The van der Waals surface area contributed by atoms with Crippen LogP contribution in [0.15, 0.2) is 24.3 Å². The topological polar surface area (TPSA) is 70.0 Å². The van der Waals surface area contributed by atoms with Crippen LogP contribution in [0, 0.1) is 5.82 Å². The van der Waals surface area contributed by atoms with E-state index in [9.17, 15) is 14.3 Å². The zero-order valence-electron chi connectivity index (χ0n) is 9.92. The fourth-order valence-corrected chi connectivity index (χ4v) is 3.09. The van der Waals surface area contributed by atoms with Crippen molar-refractivity contribution in [1.82, 2.24) is 4.90 Å². The molecule has 1 aliphatic rings. The molecule has 1 aromatic carbocycles. The lowest BCUT2D eigenvalue weighted by Crippen LogP contribution is -2.46. The van der Waals surface area contributed by atoms with Crippen LogP contribution in [0.5, 0.6) is 5.75 Å². The van der Waals surface area contributed by atoms with E-state index in [2.05, 4.69) is 0 Å². The first-order valence-corrected chi connectivity index (χ1v) is 6.74. The number of nitrogens with zero attached hydrogens (tertiary/aromatic N) is 1. The van der Waals surface area contributed by atoms with Gasteiger partial charge in [-0.05, 0) is 24.3 Å². The highest BCUT2D eigenvalue weighted by Gasteiger charge is 2.46. The number of hydrogen-bond donors (Lipinski definition) is 2. The number of hydrogen-bond acceptors (Lipinski definition) is 3. The number of carbonyl (C=O) groups is 1. The molecule has 1 aliphatic heterocycles. The molecule has 0 saturated carbocycles. The highest BCUT2D eigenvalue weighted by molar-refractivity contribution is 14.1. The Labute approximate surface area is 123 Å². The Balaban J connectivity index is 2.04. The molecule has 1 aromatic rings. The second-order valence-corrected chi connectivity index (χ2v) is 6.42. The largest absolute Gasteiger partial charge is 0.490 e. The molecule has 5 nitrogen and oxygen atoms in total. The highest BCUT2D eigenvalue weighted by Crippen LogP contribution is 2.36. The van der Waals surface area contributed by atoms with E-state index in [0.717, 1.165) is 0 Å². The Bertz CT molecular complexity index is 469. The number of carboxylic acid groups (broad SMARTS) is 1. The summed E-state index contributed by atoms with van der Waals surface area (Å²) in [5.74, 6) is 0.101. The Hall–Kier alpha value is -1.09. The van der Waals surface area contributed by atoms with Gasteiger partial charge in [-0.15, -0.1) is 0 Å². The molecular weight excluding hydrogens is 368 g/mol. The molecule has 1 fully saturated rings. The molecule has 2 rings (SSSR count). The second kappa shape index (κ2) is 5.49. The van der Waals surface area contributed by atoms with Crippen LogP contribution in [0.3, 0.4) is 0 Å². The number of halogens is 2. The van der Waals surface area contributed by atoms with E-state index >= 15 is 0 Å². The quantitative estimate of drug-likeness (QED) is 0.478. The van der Waals surface area contributed by atoms with Gasteiger partial charge in [-0.1, -0.05) is 22.6 Å². The van der Waals surface area contributed by atoms with Crippen LogP contribution in [0.4, 0.5) is 9.18 Å². The van der Waals surface area contributed by atoms with Crippen molar-refractivity contribution in [3.63, 3.8) is 0 Å². The van der Waals surface area contributed by atoms with Crippen molar-refractivity contribution in [2.45, 2.75) is 16.1 Å². The van der Waals surface area contributed by atoms with E-state index in [4.69, 9.17) is 9.84 Å². The molecule has 104 valence electrons. The molecule has 0 bridgehead atoms. The van der Waals surface area contributed by atoms with Crippen LogP contribution in [-0.2, 0) is 0 Å². The van der Waals surface area contributed by atoms with Gasteiger partial charge in [0.2, 0.25) is 0 Å². The first-order chi connectivity index (χ1) is 8.90. The van der Waals surface area contributed by atoms with Gasteiger partial charge in [0.15, 0.2) is 0 Å². The summed E-state index contributed by atoms with van der Waals surface area (Å²) in [5, 5.41) is 18.7. The summed E-state index contributed by atoms with van der Waals surface area (Å²) in [7, 11) is 0. The van der Waals surface area contributed by atoms with E-state index in [0.29, 0.717) is 12.2 Å². The fraction of sp³-hybridized carbons (Fsp3) is 0.417. The monoisotopic (exact) mass is 381 g/mol. The van der Waals surface area contributed by atoms with Crippen molar-refractivity contribution in [3.8, 4) is 5.75 Å². The predicted molar refractivity (Wildman–Crippen MR) is 74.0 cm³/mol. The average molecular weight is 381 g/mol. The van der Waals surface area contributed by atoms with Crippen LogP contribution in [0.2, 0.25) is 0 Å². The zero-order valence-corrected chi connectivity index (χ0v) is 12.1. The molecule has 0 aliphatic carbocycles. The normalized spacial score (nSPS) is 26.5. The third-order valence-electron chi connectivity index (χ3n) is 2.93. The second-order valence-electron chi connectivity index (χ2n) is 4.41. The van der Waals surface area contributed by atoms with Gasteiger partial charge in [0.1, 0.15) is 21.7 Å². The summed E-state index contributed by atoms with van der Waals surface area (Å²) in [5.41, 5.74) is 0. The zero-order chi connectivity index (χ0) is 14.0. The van der Waals surface area contributed by atoms with Crippen molar-refractivity contribution >= 4 is 28.7 Å². The standard InChI is InChI=1S/C12H13FINO4/c13-8-1-3-10(4-2-8)19-7-12(14)5-9(16)6-15(12)11(17)18/h1-4,9,16H,5-7H2,(H,17,18)/t9-,12-/m0/s1. The SMILES string of the molecule is O=C(O)N1C[C@@H](O)C[C@@]1(I)COc1ccc(F)cc1. The van der Waals surface area contributed by atoms with Crippen LogP contribution in [0.25, 0.3) is 0 Å². The van der Waals surface area contributed by atoms with E-state index in [1.165, 1.54) is 29.2 Å². The minimum absolute atomic E-state index is 0.0745. The van der Waals surface area contributed by atoms with Crippen molar-refractivity contribution in [1.29, 1.82) is 0 Å². The molecule has 0 spiro atoms. The maximum Gasteiger partial charge on any atom is 0.408 e. The molecule has 2 N–H and O–H groups in total. The molecule has 0 aromatic heterocycles. The number of ether oxygens (including phenoxy) is 1. The summed E-state index contributed by atoms with van der Waals surface area (Å²) in [6.45, 7) is 0.174. The van der Waals surface area contributed by atoms with E-state index < -0.39 is 15.7 Å². The summed E-state index contributed by atoms with van der Waals surface area (Å²) >= 11 is 1.98. The smallest absolute Gasteiger partial charge is 0.408 e. The molecular formula is C12H13FINO4. The lowest BCUT2D eigenvalue weighted by molar-refractivity contribution is 0.115. The molecule has 2 atom stereocenters. The summed E-state index contributed by atoms with van der Waals surface area (Å²) in [6.07, 6.45) is -1.47. The third kappa shape index (κ3) is 3.27. The Kier molecular flexibility index (Phi) is 4.14. The summed E-state index contributed by atoms with van der Waals surface area (Å²) in [4.78, 5) is 12.3. The van der Waals surface area contributed by atoms with Gasteiger partial charge >= 0.3 is 6.09 Å². The molecule has 1 amide bonds. The van der Waals surface area contributed by atoms with Gasteiger partial charge in [0.25, 0.3) is 0 Å². The average Bonchev–Trinajstić information content (AvgIpc) is 2.65. The van der Waals surface area contributed by atoms with Gasteiger partial charge in [-0.25, -0.2) is 9.18 Å². The number of β-amino-alcohol motifs (C(OH)–C–C–N with tert-alkyl or cyclic N) is 1. The maximum absolute atomic E-state index is 12.7. The molecule has 19 heavy (non-hydrogen) atoms. The molecule has 0 radical (unpaired) electrons. The van der Waals surface area contributed by atoms with Gasteiger partial charge in [0.05, 0.1) is 12.6 Å².